The van der Waals surface area contributed by atoms with Crippen molar-refractivity contribution in [2.45, 2.75) is 19.3 Å². The summed E-state index contributed by atoms with van der Waals surface area (Å²) < 4.78 is 19.4. The molecule has 0 fully saturated rings. The normalized spacial score (nSPS) is 13.7. The van der Waals surface area contributed by atoms with Crippen molar-refractivity contribution in [3.8, 4) is 11.3 Å². The number of hydrogen-bond donors (Lipinski definition) is 2. The third kappa shape index (κ3) is 5.44. The molecule has 0 saturated carbocycles. The lowest BCUT2D eigenvalue weighted by Crippen LogP contribution is -2.29. The van der Waals surface area contributed by atoms with Crippen LogP contribution in [0.4, 0.5) is 4.39 Å². The van der Waals surface area contributed by atoms with Crippen molar-refractivity contribution >= 4 is 18.3 Å². The molecular formula is C19H22ClFN2O2. The molecule has 0 aliphatic carbocycles. The first-order valence-corrected chi connectivity index (χ1v) is 8.21. The molecule has 3 rings (SSSR count). The van der Waals surface area contributed by atoms with Crippen LogP contribution in [0.2, 0.25) is 0 Å². The minimum Gasteiger partial charge on any atom is -0.461 e. The number of carbonyl (C=O) groups is 1. The summed E-state index contributed by atoms with van der Waals surface area (Å²) in [6.07, 6.45) is 3.96. The largest absolute Gasteiger partial charge is 0.461 e. The Morgan fingerprint density at radius 1 is 1.24 bits per heavy atom. The van der Waals surface area contributed by atoms with E-state index < -0.39 is 0 Å². The molecule has 0 spiro atoms. The number of rotatable bonds is 6. The second-order valence-corrected chi connectivity index (χ2v) is 5.84. The molecule has 1 amide bonds. The topological polar surface area (TPSA) is 54.3 Å². The fourth-order valence-electron chi connectivity index (χ4n) is 2.69. The number of halogens is 2. The predicted molar refractivity (Wildman–Crippen MR) is 98.3 cm³/mol. The molecule has 2 N–H and O–H groups in total. The van der Waals surface area contributed by atoms with Crippen LogP contribution < -0.4 is 10.6 Å². The van der Waals surface area contributed by atoms with Gasteiger partial charge in [0.25, 0.3) is 0 Å². The van der Waals surface area contributed by atoms with Crippen LogP contribution in [-0.4, -0.2) is 25.5 Å². The summed E-state index contributed by atoms with van der Waals surface area (Å²) in [6, 6.07) is 10.0. The molecule has 1 aliphatic heterocycles. The van der Waals surface area contributed by atoms with Gasteiger partial charge in [-0.25, -0.2) is 4.39 Å². The molecule has 1 aromatic heterocycles. The van der Waals surface area contributed by atoms with Gasteiger partial charge in [-0.2, -0.15) is 0 Å². The summed E-state index contributed by atoms with van der Waals surface area (Å²) in [5.41, 5.74) is 1.70. The Labute approximate surface area is 152 Å². The van der Waals surface area contributed by atoms with Crippen molar-refractivity contribution in [1.82, 2.24) is 10.6 Å². The van der Waals surface area contributed by atoms with E-state index >= 15 is 0 Å². The lowest BCUT2D eigenvalue weighted by Gasteiger charge is -2.14. The number of nitrogens with one attached hydrogen (secondary N) is 2. The smallest absolute Gasteiger partial charge is 0.220 e. The Morgan fingerprint density at radius 2 is 2.08 bits per heavy atom. The lowest BCUT2D eigenvalue weighted by molar-refractivity contribution is -0.120. The standard InChI is InChI=1S/C19H21FN2O2.ClH/c20-17-4-2-1-3-16(17)18-7-5-15(24-18)6-8-19(23)22-13-14-9-11-21-12-10-14;/h1-5,7,9,21H,6,8,10-13H2,(H,22,23);1H. The fraction of sp³-hybridized carbons (Fsp3) is 0.316. The minimum atomic E-state index is -0.314. The average Bonchev–Trinajstić information content (AvgIpc) is 3.08. The number of furan rings is 1. The van der Waals surface area contributed by atoms with Gasteiger partial charge in [-0.15, -0.1) is 12.4 Å². The van der Waals surface area contributed by atoms with E-state index in [0.29, 0.717) is 36.5 Å². The second-order valence-electron chi connectivity index (χ2n) is 5.84. The third-order valence-electron chi connectivity index (χ3n) is 4.07. The summed E-state index contributed by atoms with van der Waals surface area (Å²) in [5, 5.41) is 6.17. The van der Waals surface area contributed by atoms with E-state index in [4.69, 9.17) is 4.42 Å². The van der Waals surface area contributed by atoms with E-state index in [0.717, 1.165) is 19.5 Å². The Kier molecular flexibility index (Phi) is 7.22. The zero-order valence-corrected chi connectivity index (χ0v) is 14.7. The molecule has 0 radical (unpaired) electrons. The molecule has 2 aromatic rings. The molecule has 25 heavy (non-hydrogen) atoms. The van der Waals surface area contributed by atoms with Crippen molar-refractivity contribution < 1.29 is 13.6 Å². The molecule has 0 atom stereocenters. The Balaban J connectivity index is 0.00000225. The first-order chi connectivity index (χ1) is 11.7. The Morgan fingerprint density at radius 3 is 2.84 bits per heavy atom. The zero-order chi connectivity index (χ0) is 16.8. The van der Waals surface area contributed by atoms with Gasteiger partial charge in [-0.05, 0) is 37.2 Å². The number of carbonyl (C=O) groups excluding carboxylic acids is 1. The van der Waals surface area contributed by atoms with Crippen molar-refractivity contribution in [3.63, 3.8) is 0 Å². The number of benzene rings is 1. The summed E-state index contributed by atoms with van der Waals surface area (Å²) in [5.74, 6) is 0.859. The molecule has 0 bridgehead atoms. The van der Waals surface area contributed by atoms with Crippen molar-refractivity contribution in [2.24, 2.45) is 0 Å². The van der Waals surface area contributed by atoms with E-state index in [2.05, 4.69) is 16.7 Å². The predicted octanol–water partition coefficient (Wildman–Crippen LogP) is 3.48. The van der Waals surface area contributed by atoms with Crippen molar-refractivity contribution in [3.05, 3.63) is 59.6 Å². The van der Waals surface area contributed by atoms with E-state index in [-0.39, 0.29) is 24.1 Å². The van der Waals surface area contributed by atoms with Gasteiger partial charge in [-0.3, -0.25) is 4.79 Å². The first-order valence-electron chi connectivity index (χ1n) is 8.21. The van der Waals surface area contributed by atoms with Crippen LogP contribution in [0.25, 0.3) is 11.3 Å². The summed E-state index contributed by atoms with van der Waals surface area (Å²) in [6.45, 7) is 2.45. The molecule has 0 unspecified atom stereocenters. The highest BCUT2D eigenvalue weighted by molar-refractivity contribution is 5.85. The first kappa shape index (κ1) is 19.2. The third-order valence-corrected chi connectivity index (χ3v) is 4.07. The van der Waals surface area contributed by atoms with Crippen LogP contribution in [-0.2, 0) is 11.2 Å². The SMILES string of the molecule is Cl.O=C(CCc1ccc(-c2ccccc2F)o1)NCC1=CCNCC1. The molecule has 2 heterocycles. The van der Waals surface area contributed by atoms with E-state index in [1.807, 2.05) is 0 Å². The molecule has 1 aromatic carbocycles. The van der Waals surface area contributed by atoms with Crippen LogP contribution in [0.5, 0.6) is 0 Å². The minimum absolute atomic E-state index is 0. The van der Waals surface area contributed by atoms with Gasteiger partial charge >= 0.3 is 0 Å². The number of aryl methyl sites for hydroxylation is 1. The van der Waals surface area contributed by atoms with Gasteiger partial charge in [0.15, 0.2) is 0 Å². The maximum Gasteiger partial charge on any atom is 0.220 e. The maximum atomic E-state index is 13.7. The second kappa shape index (κ2) is 9.39. The molecule has 134 valence electrons. The average molecular weight is 365 g/mol. The highest BCUT2D eigenvalue weighted by atomic mass is 35.5. The molecular weight excluding hydrogens is 343 g/mol. The lowest BCUT2D eigenvalue weighted by atomic mass is 10.1. The maximum absolute atomic E-state index is 13.7. The van der Waals surface area contributed by atoms with E-state index in [1.165, 1.54) is 11.6 Å². The van der Waals surface area contributed by atoms with E-state index in [1.54, 1.807) is 30.3 Å². The quantitative estimate of drug-likeness (QED) is 0.772. The zero-order valence-electron chi connectivity index (χ0n) is 13.9. The van der Waals surface area contributed by atoms with Crippen LogP contribution in [0, 0.1) is 5.82 Å². The highest BCUT2D eigenvalue weighted by Gasteiger charge is 2.11. The molecule has 6 heteroatoms. The Hall–Kier alpha value is -2.11. The van der Waals surface area contributed by atoms with E-state index in [9.17, 15) is 9.18 Å². The van der Waals surface area contributed by atoms with Crippen LogP contribution in [0.15, 0.2) is 52.5 Å². The van der Waals surface area contributed by atoms with Crippen LogP contribution >= 0.6 is 12.4 Å². The summed E-state index contributed by atoms with van der Waals surface area (Å²) >= 11 is 0. The fourth-order valence-corrected chi connectivity index (χ4v) is 2.69. The summed E-state index contributed by atoms with van der Waals surface area (Å²) in [7, 11) is 0. The number of amides is 1. The van der Waals surface area contributed by atoms with Gasteiger partial charge in [0, 0.05) is 25.9 Å². The van der Waals surface area contributed by atoms with Gasteiger partial charge < -0.3 is 15.1 Å². The van der Waals surface area contributed by atoms with Gasteiger partial charge in [0.2, 0.25) is 5.91 Å². The van der Waals surface area contributed by atoms with Gasteiger partial charge in [-0.1, -0.05) is 23.8 Å². The van der Waals surface area contributed by atoms with Gasteiger partial charge in [0.1, 0.15) is 17.3 Å². The highest BCUT2D eigenvalue weighted by Crippen LogP contribution is 2.25. The van der Waals surface area contributed by atoms with Gasteiger partial charge in [0.05, 0.1) is 5.56 Å². The summed E-state index contributed by atoms with van der Waals surface area (Å²) in [4.78, 5) is 11.9. The molecule has 0 saturated heterocycles. The Bertz CT molecular complexity index is 743. The molecule has 4 nitrogen and oxygen atoms in total. The number of hydrogen-bond acceptors (Lipinski definition) is 3. The van der Waals surface area contributed by atoms with Crippen molar-refractivity contribution in [2.75, 3.05) is 19.6 Å². The van der Waals surface area contributed by atoms with Crippen LogP contribution in [0.1, 0.15) is 18.6 Å². The molecule has 1 aliphatic rings. The van der Waals surface area contributed by atoms with Crippen LogP contribution in [0.3, 0.4) is 0 Å². The van der Waals surface area contributed by atoms with Crippen molar-refractivity contribution in [1.29, 1.82) is 0 Å². The monoisotopic (exact) mass is 364 g/mol.